The maximum absolute atomic E-state index is 11.9. The van der Waals surface area contributed by atoms with Crippen LogP contribution in [0.4, 0.5) is 17.5 Å². The van der Waals surface area contributed by atoms with E-state index in [1.54, 1.807) is 18.5 Å². The summed E-state index contributed by atoms with van der Waals surface area (Å²) in [5.74, 6) is 2.50. The fourth-order valence-corrected chi connectivity index (χ4v) is 6.43. The van der Waals surface area contributed by atoms with Crippen molar-refractivity contribution in [2.24, 2.45) is 0 Å². The van der Waals surface area contributed by atoms with Gasteiger partial charge in [-0.3, -0.25) is 14.6 Å². The molecular weight excluding hydrogens is 598 g/mol. The van der Waals surface area contributed by atoms with Crippen molar-refractivity contribution >= 4 is 38.4 Å². The second-order valence-electron chi connectivity index (χ2n) is 12.0. The van der Waals surface area contributed by atoms with Gasteiger partial charge in [-0.2, -0.15) is 4.98 Å². The maximum atomic E-state index is 11.9. The van der Waals surface area contributed by atoms with E-state index in [1.807, 2.05) is 6.07 Å². The summed E-state index contributed by atoms with van der Waals surface area (Å²) in [6.45, 7) is 8.58. The van der Waals surface area contributed by atoms with Gasteiger partial charge in [0.2, 0.25) is 21.9 Å². The first-order chi connectivity index (χ1) is 21.8. The minimum Gasteiger partial charge on any atom is -0.489 e. The van der Waals surface area contributed by atoms with Crippen LogP contribution in [0.1, 0.15) is 25.7 Å². The molecule has 3 aromatic rings. The number of nitrogens with one attached hydrogen (secondary N) is 2. The van der Waals surface area contributed by atoms with Crippen LogP contribution >= 0.6 is 0 Å². The van der Waals surface area contributed by atoms with Crippen LogP contribution in [-0.2, 0) is 14.8 Å². The summed E-state index contributed by atoms with van der Waals surface area (Å²) >= 11 is 0. The van der Waals surface area contributed by atoms with E-state index < -0.39 is 10.0 Å². The fraction of sp³-hybridized carbons (Fsp3) is 0.600. The molecule has 3 aromatic heterocycles. The Hall–Kier alpha value is -3.53. The third-order valence-electron chi connectivity index (χ3n) is 8.46. The van der Waals surface area contributed by atoms with E-state index >= 15 is 0 Å². The van der Waals surface area contributed by atoms with Crippen LogP contribution in [0.15, 0.2) is 30.7 Å². The predicted molar refractivity (Wildman–Crippen MR) is 173 cm³/mol. The first kappa shape index (κ1) is 31.5. The average molecular weight is 642 g/mol. The number of rotatable bonds is 11. The predicted octanol–water partition coefficient (Wildman–Crippen LogP) is 2.06. The zero-order valence-corrected chi connectivity index (χ0v) is 26.8. The molecule has 14 nitrogen and oxygen atoms in total. The lowest BCUT2D eigenvalue weighted by atomic mass is 9.93. The van der Waals surface area contributed by atoms with Gasteiger partial charge in [0.25, 0.3) is 0 Å². The van der Waals surface area contributed by atoms with Crippen molar-refractivity contribution < 1.29 is 22.6 Å². The molecule has 0 radical (unpaired) electrons. The second kappa shape index (κ2) is 14.3. The molecular formula is C30H43N9O5S. The molecule has 1 aliphatic carbocycles. The van der Waals surface area contributed by atoms with Gasteiger partial charge in [-0.05, 0) is 38.8 Å². The van der Waals surface area contributed by atoms with Gasteiger partial charge in [0.1, 0.15) is 18.5 Å². The van der Waals surface area contributed by atoms with E-state index in [9.17, 15) is 8.42 Å². The highest BCUT2D eigenvalue weighted by Crippen LogP contribution is 2.33. The van der Waals surface area contributed by atoms with Crippen LogP contribution in [-0.4, -0.2) is 129 Å². The first-order valence-electron chi connectivity index (χ1n) is 15.7. The first-order valence-corrected chi connectivity index (χ1v) is 17.6. The van der Waals surface area contributed by atoms with Crippen molar-refractivity contribution in [2.45, 2.75) is 37.8 Å². The standard InChI is InChI=1S/C30H43N9O5S/c1-37-7-9-38(10-8-37)11-16-43-25-20-32-30(33-21-25)34-22-3-5-24(6-4-22)44-29-26-17-23(36-45(2,40)41)19-31-27(26)18-28(35-29)39-12-14-42-15-13-39/h17-22,24,36H,3-16H2,1-2H3,(H,32,33,34)/t22-,24+. The topological polar surface area (TPSA) is 147 Å². The van der Waals surface area contributed by atoms with Crippen molar-refractivity contribution in [1.29, 1.82) is 0 Å². The summed E-state index contributed by atoms with van der Waals surface area (Å²) in [7, 11) is -1.30. The molecule has 5 heterocycles. The number of piperazine rings is 1. The molecule has 3 fully saturated rings. The number of pyridine rings is 2. The van der Waals surface area contributed by atoms with Crippen LogP contribution in [0.5, 0.6) is 11.6 Å². The van der Waals surface area contributed by atoms with E-state index in [-0.39, 0.29) is 12.1 Å². The third-order valence-corrected chi connectivity index (χ3v) is 9.06. The number of hydrogen-bond acceptors (Lipinski definition) is 13. The van der Waals surface area contributed by atoms with E-state index in [1.165, 1.54) is 6.20 Å². The molecule has 244 valence electrons. The highest BCUT2D eigenvalue weighted by molar-refractivity contribution is 7.92. The molecule has 0 amide bonds. The molecule has 45 heavy (non-hydrogen) atoms. The number of sulfonamides is 1. The number of nitrogens with zero attached hydrogens (tertiary/aromatic N) is 7. The number of fused-ring (bicyclic) bond motifs is 1. The molecule has 0 unspecified atom stereocenters. The van der Waals surface area contributed by atoms with Gasteiger partial charge < -0.3 is 29.3 Å². The minimum atomic E-state index is -3.46. The Morgan fingerprint density at radius 1 is 0.956 bits per heavy atom. The zero-order chi connectivity index (χ0) is 31.2. The normalized spacial score (nSPS) is 21.9. The van der Waals surface area contributed by atoms with Gasteiger partial charge in [-0.15, -0.1) is 0 Å². The molecule has 0 aromatic carbocycles. The number of hydrogen-bond donors (Lipinski definition) is 2. The largest absolute Gasteiger partial charge is 0.489 e. The Morgan fingerprint density at radius 3 is 2.40 bits per heavy atom. The quantitative estimate of drug-likeness (QED) is 0.315. The lowest BCUT2D eigenvalue weighted by molar-refractivity contribution is 0.122. The Kier molecular flexibility index (Phi) is 9.97. The van der Waals surface area contributed by atoms with Crippen molar-refractivity contribution in [3.63, 3.8) is 0 Å². The minimum absolute atomic E-state index is 0.0396. The van der Waals surface area contributed by atoms with Crippen LogP contribution in [0.3, 0.4) is 0 Å². The molecule has 3 aliphatic rings. The molecule has 1 saturated carbocycles. The summed E-state index contributed by atoms with van der Waals surface area (Å²) in [5.41, 5.74) is 1.06. The molecule has 2 saturated heterocycles. The van der Waals surface area contributed by atoms with E-state index in [2.05, 4.69) is 46.7 Å². The Labute approximate surface area is 264 Å². The smallest absolute Gasteiger partial charge is 0.229 e. The Bertz CT molecular complexity index is 1520. The number of morpholine rings is 1. The van der Waals surface area contributed by atoms with Crippen LogP contribution < -0.4 is 24.4 Å². The molecule has 15 heteroatoms. The van der Waals surface area contributed by atoms with Crippen molar-refractivity contribution in [3.8, 4) is 11.6 Å². The summed E-state index contributed by atoms with van der Waals surface area (Å²) in [6, 6.07) is 3.88. The summed E-state index contributed by atoms with van der Waals surface area (Å²) < 4.78 is 44.1. The molecule has 6 rings (SSSR count). The molecule has 0 bridgehead atoms. The summed E-state index contributed by atoms with van der Waals surface area (Å²) in [6.07, 6.45) is 9.47. The number of likely N-dealkylation sites (N-methyl/N-ethyl adjacent to an activating group) is 1. The van der Waals surface area contributed by atoms with Crippen LogP contribution in [0.2, 0.25) is 0 Å². The summed E-state index contributed by atoms with van der Waals surface area (Å²) in [4.78, 5) is 25.3. The van der Waals surface area contributed by atoms with Gasteiger partial charge in [0.15, 0.2) is 5.75 Å². The Morgan fingerprint density at radius 2 is 1.69 bits per heavy atom. The second-order valence-corrected chi connectivity index (χ2v) is 13.8. The van der Waals surface area contributed by atoms with E-state index in [0.717, 1.165) is 83.6 Å². The number of aromatic nitrogens is 4. The van der Waals surface area contributed by atoms with Gasteiger partial charge in [0.05, 0.1) is 54.7 Å². The van der Waals surface area contributed by atoms with Crippen LogP contribution in [0.25, 0.3) is 10.9 Å². The van der Waals surface area contributed by atoms with Crippen molar-refractivity contribution in [2.75, 3.05) is 93.9 Å². The number of ether oxygens (including phenoxy) is 3. The van der Waals surface area contributed by atoms with Crippen molar-refractivity contribution in [1.82, 2.24) is 29.7 Å². The third kappa shape index (κ3) is 8.81. The highest BCUT2D eigenvalue weighted by atomic mass is 32.2. The molecule has 0 atom stereocenters. The van der Waals surface area contributed by atoms with Gasteiger partial charge in [-0.1, -0.05) is 0 Å². The highest BCUT2D eigenvalue weighted by Gasteiger charge is 2.25. The monoisotopic (exact) mass is 641 g/mol. The molecule has 0 spiro atoms. The fourth-order valence-electron chi connectivity index (χ4n) is 5.89. The molecule has 2 N–H and O–H groups in total. The van der Waals surface area contributed by atoms with Crippen molar-refractivity contribution in [3.05, 3.63) is 30.7 Å². The van der Waals surface area contributed by atoms with E-state index in [0.29, 0.717) is 54.0 Å². The summed E-state index contributed by atoms with van der Waals surface area (Å²) in [5, 5.41) is 4.13. The van der Waals surface area contributed by atoms with Gasteiger partial charge >= 0.3 is 0 Å². The lowest BCUT2D eigenvalue weighted by Gasteiger charge is -2.32. The van der Waals surface area contributed by atoms with E-state index in [4.69, 9.17) is 19.2 Å². The average Bonchev–Trinajstić information content (AvgIpc) is 3.03. The number of anilines is 3. The zero-order valence-electron chi connectivity index (χ0n) is 26.0. The molecule has 2 aliphatic heterocycles. The van der Waals surface area contributed by atoms with Crippen LogP contribution in [0, 0.1) is 0 Å². The maximum Gasteiger partial charge on any atom is 0.229 e. The lowest BCUT2D eigenvalue weighted by Crippen LogP contribution is -2.45. The Balaban J connectivity index is 1.04. The SMILES string of the molecule is CN1CCN(CCOc2cnc(N[C@H]3CC[C@@H](Oc4nc(N5CCOCC5)cc5ncc(NS(C)(=O)=O)cc45)CC3)nc2)CC1. The van der Waals surface area contributed by atoms with Gasteiger partial charge in [0, 0.05) is 57.9 Å². The van der Waals surface area contributed by atoms with Gasteiger partial charge in [-0.25, -0.2) is 18.4 Å².